The lowest BCUT2D eigenvalue weighted by molar-refractivity contribution is 0.225. The molecule has 2 N–H and O–H groups in total. The van der Waals surface area contributed by atoms with E-state index in [0.717, 1.165) is 55.8 Å². The lowest BCUT2D eigenvalue weighted by Crippen LogP contribution is -2.48. The zero-order valence-corrected chi connectivity index (χ0v) is 15.9. The number of rotatable bonds is 7. The lowest BCUT2D eigenvalue weighted by Gasteiger charge is -2.32. The molecule has 1 saturated heterocycles. The number of guanidine groups is 1. The van der Waals surface area contributed by atoms with Crippen LogP contribution in [0.15, 0.2) is 23.0 Å². The minimum atomic E-state index is 0.483. The second kappa shape index (κ2) is 9.64. The molecule has 0 unspecified atom stereocenters. The standard InChI is InChI=1S/C17H30N6S/c1-5-9-23-10-7-14(8-11-23)20-16(18-6-2)19-12-15-13-24-17(21-15)22(3)4/h5,13-14H,1,6-12H2,2-4H3,(H2,18,19,20). The van der Waals surface area contributed by atoms with Crippen LogP contribution in [0, 0.1) is 0 Å². The Morgan fingerprint density at radius 1 is 1.50 bits per heavy atom. The summed E-state index contributed by atoms with van der Waals surface area (Å²) >= 11 is 1.65. The maximum Gasteiger partial charge on any atom is 0.191 e. The van der Waals surface area contributed by atoms with Gasteiger partial charge >= 0.3 is 0 Å². The first kappa shape index (κ1) is 18.7. The fourth-order valence-corrected chi connectivity index (χ4v) is 3.44. The van der Waals surface area contributed by atoms with Crippen molar-refractivity contribution in [3.8, 4) is 0 Å². The van der Waals surface area contributed by atoms with Gasteiger partial charge in [0.25, 0.3) is 0 Å². The highest BCUT2D eigenvalue weighted by Crippen LogP contribution is 2.18. The highest BCUT2D eigenvalue weighted by Gasteiger charge is 2.19. The van der Waals surface area contributed by atoms with Crippen molar-refractivity contribution in [2.75, 3.05) is 45.2 Å². The molecule has 7 heteroatoms. The van der Waals surface area contributed by atoms with E-state index < -0.39 is 0 Å². The topological polar surface area (TPSA) is 55.8 Å². The van der Waals surface area contributed by atoms with Crippen LogP contribution in [0.3, 0.4) is 0 Å². The third-order valence-electron chi connectivity index (χ3n) is 3.98. The molecule has 0 amide bonds. The highest BCUT2D eigenvalue weighted by atomic mass is 32.1. The molecule has 1 aromatic heterocycles. The largest absolute Gasteiger partial charge is 0.357 e. The Balaban J connectivity index is 1.87. The van der Waals surface area contributed by atoms with E-state index in [-0.39, 0.29) is 0 Å². The Morgan fingerprint density at radius 2 is 2.25 bits per heavy atom. The van der Waals surface area contributed by atoms with Crippen LogP contribution >= 0.6 is 11.3 Å². The molecule has 1 aromatic rings. The molecule has 2 rings (SSSR count). The summed E-state index contributed by atoms with van der Waals surface area (Å²) in [5, 5.41) is 10.0. The average Bonchev–Trinajstić information content (AvgIpc) is 3.04. The Kier molecular flexibility index (Phi) is 7.52. The van der Waals surface area contributed by atoms with Crippen LogP contribution in [0.1, 0.15) is 25.5 Å². The third kappa shape index (κ3) is 5.79. The zero-order valence-electron chi connectivity index (χ0n) is 15.1. The molecule has 0 bridgehead atoms. The Labute approximate surface area is 149 Å². The van der Waals surface area contributed by atoms with Gasteiger partial charge in [0.15, 0.2) is 11.1 Å². The first-order valence-corrected chi connectivity index (χ1v) is 9.50. The van der Waals surface area contributed by atoms with Crippen LogP contribution in [-0.4, -0.2) is 62.2 Å². The monoisotopic (exact) mass is 350 g/mol. The van der Waals surface area contributed by atoms with Crippen molar-refractivity contribution >= 4 is 22.4 Å². The summed E-state index contributed by atoms with van der Waals surface area (Å²) in [6, 6.07) is 0.483. The van der Waals surface area contributed by atoms with E-state index in [9.17, 15) is 0 Å². The van der Waals surface area contributed by atoms with Gasteiger partial charge in [-0.25, -0.2) is 9.98 Å². The Bertz CT molecular complexity index is 531. The van der Waals surface area contributed by atoms with Gasteiger partial charge in [-0.1, -0.05) is 6.08 Å². The molecular weight excluding hydrogens is 320 g/mol. The minimum absolute atomic E-state index is 0.483. The third-order valence-corrected chi connectivity index (χ3v) is 5.04. The first-order valence-electron chi connectivity index (χ1n) is 8.62. The van der Waals surface area contributed by atoms with E-state index >= 15 is 0 Å². The summed E-state index contributed by atoms with van der Waals surface area (Å²) in [4.78, 5) is 13.7. The van der Waals surface area contributed by atoms with Crippen LogP contribution in [0.4, 0.5) is 5.13 Å². The molecule has 0 aliphatic carbocycles. The zero-order chi connectivity index (χ0) is 17.4. The molecule has 24 heavy (non-hydrogen) atoms. The van der Waals surface area contributed by atoms with Crippen LogP contribution in [-0.2, 0) is 6.54 Å². The fourth-order valence-electron chi connectivity index (χ4n) is 2.69. The van der Waals surface area contributed by atoms with Gasteiger partial charge in [-0.15, -0.1) is 17.9 Å². The van der Waals surface area contributed by atoms with Crippen LogP contribution < -0.4 is 15.5 Å². The molecule has 1 aliphatic rings. The molecule has 2 heterocycles. The average molecular weight is 351 g/mol. The number of aliphatic imine (C=N–C) groups is 1. The van der Waals surface area contributed by atoms with E-state index in [1.54, 1.807) is 11.3 Å². The fraction of sp³-hybridized carbons (Fsp3) is 0.647. The molecular formula is C17H30N6S. The quantitative estimate of drug-likeness (QED) is 0.447. The molecule has 134 valence electrons. The van der Waals surface area contributed by atoms with E-state index in [2.05, 4.69) is 39.4 Å². The lowest BCUT2D eigenvalue weighted by atomic mass is 10.1. The van der Waals surface area contributed by atoms with Crippen LogP contribution in [0.5, 0.6) is 0 Å². The second-order valence-electron chi connectivity index (χ2n) is 6.22. The smallest absolute Gasteiger partial charge is 0.191 e. The summed E-state index contributed by atoms with van der Waals surface area (Å²) in [6.45, 7) is 10.6. The maximum atomic E-state index is 4.70. The molecule has 0 radical (unpaired) electrons. The summed E-state index contributed by atoms with van der Waals surface area (Å²) in [5.41, 5.74) is 1.02. The van der Waals surface area contributed by atoms with Crippen molar-refractivity contribution in [3.05, 3.63) is 23.7 Å². The number of anilines is 1. The van der Waals surface area contributed by atoms with Gasteiger partial charge in [-0.3, -0.25) is 4.90 Å². The SMILES string of the molecule is C=CCN1CCC(NC(=NCc2csc(N(C)C)n2)NCC)CC1. The maximum absolute atomic E-state index is 4.70. The van der Waals surface area contributed by atoms with E-state index in [1.165, 1.54) is 0 Å². The Morgan fingerprint density at radius 3 is 2.83 bits per heavy atom. The Hall–Kier alpha value is -1.60. The van der Waals surface area contributed by atoms with Crippen molar-refractivity contribution in [2.24, 2.45) is 4.99 Å². The predicted molar refractivity (Wildman–Crippen MR) is 104 cm³/mol. The number of likely N-dealkylation sites (tertiary alicyclic amines) is 1. The van der Waals surface area contributed by atoms with Crippen molar-refractivity contribution < 1.29 is 0 Å². The number of piperidine rings is 1. The summed E-state index contributed by atoms with van der Waals surface area (Å²) in [6.07, 6.45) is 4.26. The van der Waals surface area contributed by atoms with Crippen molar-refractivity contribution in [2.45, 2.75) is 32.4 Å². The van der Waals surface area contributed by atoms with Gasteiger partial charge in [0.05, 0.1) is 12.2 Å². The molecule has 6 nitrogen and oxygen atoms in total. The van der Waals surface area contributed by atoms with Gasteiger partial charge in [0.2, 0.25) is 0 Å². The number of hydrogen-bond donors (Lipinski definition) is 2. The van der Waals surface area contributed by atoms with E-state index in [4.69, 9.17) is 4.99 Å². The molecule has 0 atom stereocenters. The highest BCUT2D eigenvalue weighted by molar-refractivity contribution is 7.13. The number of nitrogens with one attached hydrogen (secondary N) is 2. The normalized spacial score (nSPS) is 16.9. The second-order valence-corrected chi connectivity index (χ2v) is 7.06. The van der Waals surface area contributed by atoms with Gasteiger partial charge in [0, 0.05) is 51.7 Å². The van der Waals surface area contributed by atoms with Crippen LogP contribution in [0.2, 0.25) is 0 Å². The number of hydrogen-bond acceptors (Lipinski definition) is 5. The molecule has 0 saturated carbocycles. The first-order chi connectivity index (χ1) is 11.6. The van der Waals surface area contributed by atoms with Crippen LogP contribution in [0.25, 0.3) is 0 Å². The predicted octanol–water partition coefficient (Wildman–Crippen LogP) is 1.91. The summed E-state index contributed by atoms with van der Waals surface area (Å²) < 4.78 is 0. The number of aromatic nitrogens is 1. The minimum Gasteiger partial charge on any atom is -0.357 e. The molecule has 0 aromatic carbocycles. The van der Waals surface area contributed by atoms with Crippen molar-refractivity contribution in [1.29, 1.82) is 0 Å². The molecule has 0 spiro atoms. The summed E-state index contributed by atoms with van der Waals surface area (Å²) in [5.74, 6) is 0.888. The van der Waals surface area contributed by atoms with Crippen molar-refractivity contribution in [3.63, 3.8) is 0 Å². The summed E-state index contributed by atoms with van der Waals surface area (Å²) in [7, 11) is 4.02. The molecule has 1 fully saturated rings. The number of thiazole rings is 1. The van der Waals surface area contributed by atoms with E-state index in [0.29, 0.717) is 12.6 Å². The van der Waals surface area contributed by atoms with Gasteiger partial charge in [-0.05, 0) is 19.8 Å². The number of nitrogens with zero attached hydrogens (tertiary/aromatic N) is 4. The van der Waals surface area contributed by atoms with E-state index in [1.807, 2.05) is 25.1 Å². The van der Waals surface area contributed by atoms with Gasteiger partial charge in [-0.2, -0.15) is 0 Å². The van der Waals surface area contributed by atoms with Crippen molar-refractivity contribution in [1.82, 2.24) is 20.5 Å². The van der Waals surface area contributed by atoms with Gasteiger partial charge < -0.3 is 15.5 Å². The van der Waals surface area contributed by atoms with Gasteiger partial charge in [0.1, 0.15) is 0 Å². The molecule has 1 aliphatic heterocycles.